The Hall–Kier alpha value is -1.22. The highest BCUT2D eigenvalue weighted by Gasteiger charge is 2.25. The van der Waals surface area contributed by atoms with Crippen LogP contribution >= 0.6 is 11.6 Å². The maximum atomic E-state index is 12.2. The van der Waals surface area contributed by atoms with Gasteiger partial charge in [-0.15, -0.1) is 0 Å². The summed E-state index contributed by atoms with van der Waals surface area (Å²) < 4.78 is 0. The van der Waals surface area contributed by atoms with Crippen LogP contribution in [0.1, 0.15) is 38.2 Å². The molecule has 0 radical (unpaired) electrons. The molecule has 0 spiro atoms. The van der Waals surface area contributed by atoms with Crippen molar-refractivity contribution in [2.24, 2.45) is 5.92 Å². The smallest absolute Gasteiger partial charge is 0.317 e. The van der Waals surface area contributed by atoms with Gasteiger partial charge in [0.2, 0.25) is 0 Å². The van der Waals surface area contributed by atoms with Crippen molar-refractivity contribution in [1.82, 2.24) is 10.2 Å². The first kappa shape index (κ1) is 16.2. The molecule has 1 aliphatic carbocycles. The second kappa shape index (κ2) is 7.69. The summed E-state index contributed by atoms with van der Waals surface area (Å²) in [7, 11) is 1.92. The van der Waals surface area contributed by atoms with Crippen LogP contribution in [0.25, 0.3) is 0 Å². The Labute approximate surface area is 132 Å². The van der Waals surface area contributed by atoms with Crippen LogP contribution in [0.15, 0.2) is 24.3 Å². The Balaban J connectivity index is 1.74. The maximum absolute atomic E-state index is 12.2. The van der Waals surface area contributed by atoms with Crippen molar-refractivity contribution in [3.05, 3.63) is 34.9 Å². The lowest BCUT2D eigenvalue weighted by Gasteiger charge is -2.34. The summed E-state index contributed by atoms with van der Waals surface area (Å²) in [6, 6.07) is 8.21. The fourth-order valence-corrected chi connectivity index (χ4v) is 3.14. The van der Waals surface area contributed by atoms with Gasteiger partial charge in [-0.3, -0.25) is 0 Å². The molecule has 21 heavy (non-hydrogen) atoms. The molecular formula is C17H25ClN2O. The van der Waals surface area contributed by atoms with Crippen LogP contribution in [0.2, 0.25) is 5.02 Å². The number of benzene rings is 1. The first-order valence-electron chi connectivity index (χ1n) is 7.81. The maximum Gasteiger partial charge on any atom is 0.317 e. The van der Waals surface area contributed by atoms with Gasteiger partial charge in [0, 0.05) is 24.7 Å². The predicted octanol–water partition coefficient (Wildman–Crippen LogP) is 4.10. The minimum Gasteiger partial charge on any atom is -0.338 e. The number of carbonyl (C=O) groups excluding carboxylic acids is 1. The van der Waals surface area contributed by atoms with Crippen molar-refractivity contribution in [3.63, 3.8) is 0 Å². The van der Waals surface area contributed by atoms with E-state index in [0.717, 1.165) is 30.2 Å². The van der Waals surface area contributed by atoms with Crippen LogP contribution in [0.3, 0.4) is 0 Å². The molecule has 1 aromatic carbocycles. The molecule has 1 fully saturated rings. The van der Waals surface area contributed by atoms with Crippen molar-refractivity contribution in [2.75, 3.05) is 13.6 Å². The highest BCUT2D eigenvalue weighted by molar-refractivity contribution is 6.30. The molecule has 3 nitrogen and oxygen atoms in total. The van der Waals surface area contributed by atoms with E-state index in [1.165, 1.54) is 18.4 Å². The van der Waals surface area contributed by atoms with Crippen LogP contribution in [0.4, 0.5) is 4.79 Å². The largest absolute Gasteiger partial charge is 0.338 e. The van der Waals surface area contributed by atoms with Gasteiger partial charge in [0.05, 0.1) is 0 Å². The lowest BCUT2D eigenvalue weighted by molar-refractivity contribution is 0.160. The molecule has 2 atom stereocenters. The molecule has 116 valence electrons. The van der Waals surface area contributed by atoms with Gasteiger partial charge in [0.25, 0.3) is 0 Å². The number of halogens is 1. The molecule has 0 saturated heterocycles. The van der Waals surface area contributed by atoms with Crippen LogP contribution in [0, 0.1) is 5.92 Å². The normalized spacial score (nSPS) is 21.9. The third-order valence-corrected chi connectivity index (χ3v) is 4.63. The van der Waals surface area contributed by atoms with Crippen LogP contribution in [0.5, 0.6) is 0 Å². The summed E-state index contributed by atoms with van der Waals surface area (Å²) in [5.41, 5.74) is 1.19. The fraction of sp³-hybridized carbons (Fsp3) is 0.588. The molecular weight excluding hydrogens is 284 g/mol. The fourth-order valence-electron chi connectivity index (χ4n) is 3.01. The van der Waals surface area contributed by atoms with E-state index in [1.54, 1.807) is 0 Å². The molecule has 1 aromatic rings. The van der Waals surface area contributed by atoms with Gasteiger partial charge in [-0.25, -0.2) is 4.79 Å². The number of urea groups is 1. The second-order valence-electron chi connectivity index (χ2n) is 6.14. The van der Waals surface area contributed by atoms with Gasteiger partial charge in [0.1, 0.15) is 0 Å². The van der Waals surface area contributed by atoms with Crippen molar-refractivity contribution in [2.45, 2.75) is 45.1 Å². The number of nitrogens with zero attached hydrogens (tertiary/aromatic N) is 1. The molecule has 0 aliphatic heterocycles. The Morgan fingerprint density at radius 3 is 2.71 bits per heavy atom. The first-order valence-corrected chi connectivity index (χ1v) is 8.19. The number of carbonyl (C=O) groups is 1. The standard InChI is InChI=1S/C17H25ClN2O/c1-13-4-3-5-16(12-13)20(2)17(21)19-11-10-14-6-8-15(18)9-7-14/h6-9,13,16H,3-5,10-12H2,1-2H3,(H,19,21). The molecule has 1 aliphatic rings. The third kappa shape index (κ3) is 4.92. The first-order chi connectivity index (χ1) is 10.1. The van der Waals surface area contributed by atoms with E-state index in [0.29, 0.717) is 12.6 Å². The lowest BCUT2D eigenvalue weighted by atomic mass is 9.86. The minimum atomic E-state index is 0.0445. The van der Waals surface area contributed by atoms with E-state index >= 15 is 0 Å². The second-order valence-corrected chi connectivity index (χ2v) is 6.58. The zero-order chi connectivity index (χ0) is 15.2. The summed E-state index contributed by atoms with van der Waals surface area (Å²) >= 11 is 5.86. The van der Waals surface area contributed by atoms with E-state index in [2.05, 4.69) is 12.2 Å². The Bertz CT molecular complexity index is 460. The van der Waals surface area contributed by atoms with E-state index in [1.807, 2.05) is 36.2 Å². The number of hydrogen-bond acceptors (Lipinski definition) is 1. The van der Waals surface area contributed by atoms with Crippen molar-refractivity contribution < 1.29 is 4.79 Å². The predicted molar refractivity (Wildman–Crippen MR) is 87.7 cm³/mol. The molecule has 2 rings (SSSR count). The molecule has 0 bridgehead atoms. The van der Waals surface area contributed by atoms with Gasteiger partial charge in [-0.05, 0) is 42.9 Å². The van der Waals surface area contributed by atoms with E-state index in [4.69, 9.17) is 11.6 Å². The average molecular weight is 309 g/mol. The third-order valence-electron chi connectivity index (χ3n) is 4.38. The molecule has 0 aromatic heterocycles. The molecule has 1 saturated carbocycles. The minimum absolute atomic E-state index is 0.0445. The molecule has 2 unspecified atom stereocenters. The van der Waals surface area contributed by atoms with Gasteiger partial charge < -0.3 is 10.2 Å². The highest BCUT2D eigenvalue weighted by Crippen LogP contribution is 2.26. The number of rotatable bonds is 4. The van der Waals surface area contributed by atoms with Gasteiger partial charge in [0.15, 0.2) is 0 Å². The topological polar surface area (TPSA) is 32.3 Å². The summed E-state index contributed by atoms with van der Waals surface area (Å²) in [6.45, 7) is 2.94. The quantitative estimate of drug-likeness (QED) is 0.892. The Morgan fingerprint density at radius 1 is 1.33 bits per heavy atom. The summed E-state index contributed by atoms with van der Waals surface area (Å²) in [4.78, 5) is 14.1. The summed E-state index contributed by atoms with van der Waals surface area (Å²) in [6.07, 6.45) is 5.61. The molecule has 0 heterocycles. The monoisotopic (exact) mass is 308 g/mol. The van der Waals surface area contributed by atoms with Gasteiger partial charge >= 0.3 is 6.03 Å². The summed E-state index contributed by atoms with van der Waals surface area (Å²) in [5.74, 6) is 0.730. The van der Waals surface area contributed by atoms with Crippen LogP contribution < -0.4 is 5.32 Å². The summed E-state index contributed by atoms with van der Waals surface area (Å²) in [5, 5.41) is 3.76. The van der Waals surface area contributed by atoms with Crippen molar-refractivity contribution in [1.29, 1.82) is 0 Å². The van der Waals surface area contributed by atoms with E-state index < -0.39 is 0 Å². The number of hydrogen-bond donors (Lipinski definition) is 1. The zero-order valence-corrected chi connectivity index (χ0v) is 13.7. The lowest BCUT2D eigenvalue weighted by Crippen LogP contribution is -2.45. The van der Waals surface area contributed by atoms with Gasteiger partial charge in [-0.2, -0.15) is 0 Å². The SMILES string of the molecule is CC1CCCC(N(C)C(=O)NCCc2ccc(Cl)cc2)C1. The molecule has 2 amide bonds. The number of nitrogens with one attached hydrogen (secondary N) is 1. The van der Waals surface area contributed by atoms with Gasteiger partial charge in [-0.1, -0.05) is 43.5 Å². The Kier molecular flexibility index (Phi) is 5.92. The molecule has 4 heteroatoms. The zero-order valence-electron chi connectivity index (χ0n) is 12.9. The Morgan fingerprint density at radius 2 is 2.05 bits per heavy atom. The highest BCUT2D eigenvalue weighted by atomic mass is 35.5. The van der Waals surface area contributed by atoms with Crippen molar-refractivity contribution in [3.8, 4) is 0 Å². The molecule has 1 N–H and O–H groups in total. The van der Waals surface area contributed by atoms with E-state index in [-0.39, 0.29) is 6.03 Å². The average Bonchev–Trinajstić information content (AvgIpc) is 2.48. The number of amides is 2. The van der Waals surface area contributed by atoms with Crippen molar-refractivity contribution >= 4 is 17.6 Å². The van der Waals surface area contributed by atoms with Crippen LogP contribution in [-0.4, -0.2) is 30.6 Å². The van der Waals surface area contributed by atoms with E-state index in [9.17, 15) is 4.79 Å². The van der Waals surface area contributed by atoms with Crippen LogP contribution in [-0.2, 0) is 6.42 Å².